The highest BCUT2D eigenvalue weighted by Gasteiger charge is 2.20. The molecule has 0 unspecified atom stereocenters. The summed E-state index contributed by atoms with van der Waals surface area (Å²) in [6, 6.07) is 2.83. The van der Waals surface area contributed by atoms with Gasteiger partial charge in [0.05, 0.1) is 37.4 Å². The largest absolute Gasteiger partial charge is 0.756 e. The predicted octanol–water partition coefficient (Wildman–Crippen LogP) is -2.14. The lowest BCUT2D eigenvalue weighted by Gasteiger charge is -2.28. The molecule has 2 heterocycles. The van der Waals surface area contributed by atoms with Crippen molar-refractivity contribution in [2.45, 2.75) is 13.5 Å². The first kappa shape index (κ1) is 24.7. The van der Waals surface area contributed by atoms with E-state index in [0.717, 1.165) is 26.2 Å². The number of carboxylic acids is 1. The summed E-state index contributed by atoms with van der Waals surface area (Å²) in [6.45, 7) is 5.63. The number of quaternary nitrogens is 1. The van der Waals surface area contributed by atoms with Crippen LogP contribution in [0.15, 0.2) is 23.1 Å². The number of piperazine rings is 1. The fraction of sp³-hybridized carbons (Fsp3) is 0.375. The number of rotatable bonds is 3. The molecule has 1 saturated heterocycles. The zero-order valence-corrected chi connectivity index (χ0v) is 16.4. The maximum absolute atomic E-state index is 14.5. The second kappa shape index (κ2) is 9.92. The van der Waals surface area contributed by atoms with Crippen molar-refractivity contribution in [3.63, 3.8) is 0 Å². The molecule has 29 heavy (non-hydrogen) atoms. The quantitative estimate of drug-likeness (QED) is 0.392. The van der Waals surface area contributed by atoms with E-state index in [4.69, 9.17) is 24.4 Å². The van der Waals surface area contributed by atoms with Crippen molar-refractivity contribution in [1.29, 1.82) is 0 Å². The molecule has 2 aromatic rings. The highest BCUT2D eigenvalue weighted by atomic mass is 31.2. The van der Waals surface area contributed by atoms with Crippen LogP contribution in [0.3, 0.4) is 0 Å². The molecule has 1 aliphatic rings. The highest BCUT2D eigenvalue weighted by molar-refractivity contribution is 7.43. The van der Waals surface area contributed by atoms with Gasteiger partial charge in [0.2, 0.25) is 5.43 Å². The Morgan fingerprint density at radius 3 is 2.34 bits per heavy atom. The molecule has 162 valence electrons. The van der Waals surface area contributed by atoms with Gasteiger partial charge in [0.1, 0.15) is 11.4 Å². The molecule has 0 spiro atoms. The van der Waals surface area contributed by atoms with Gasteiger partial charge in [0, 0.05) is 18.1 Å². The number of hydrogen-bond donors (Lipinski definition) is 4. The summed E-state index contributed by atoms with van der Waals surface area (Å²) >= 11 is 0. The first-order chi connectivity index (χ1) is 13.0. The average molecular weight is 435 g/mol. The molecule has 1 aliphatic heterocycles. The lowest BCUT2D eigenvalue weighted by atomic mass is 10.1. The molecule has 1 aromatic heterocycles. The molecular formula is C16H23FN3O8P. The fourth-order valence-electron chi connectivity index (χ4n) is 3.05. The van der Waals surface area contributed by atoms with Crippen molar-refractivity contribution >= 4 is 30.4 Å². The number of nitrogens with two attached hydrogens (primary N) is 1. The number of fused-ring (bicyclic) bond motifs is 1. The monoisotopic (exact) mass is 435 g/mol. The molecule has 0 saturated carbocycles. The maximum Gasteiger partial charge on any atom is 0.341 e. The van der Waals surface area contributed by atoms with Crippen LogP contribution < -0.4 is 20.5 Å². The first-order valence-electron chi connectivity index (χ1n) is 8.46. The van der Waals surface area contributed by atoms with Crippen LogP contribution in [0.5, 0.6) is 0 Å². The molecule has 11 nitrogen and oxygen atoms in total. The van der Waals surface area contributed by atoms with Crippen LogP contribution in [0.2, 0.25) is 0 Å². The van der Waals surface area contributed by atoms with Crippen LogP contribution in [0.4, 0.5) is 10.1 Å². The zero-order chi connectivity index (χ0) is 21.1. The van der Waals surface area contributed by atoms with E-state index in [9.17, 15) is 14.0 Å². The van der Waals surface area contributed by atoms with Gasteiger partial charge in [-0.1, -0.05) is 0 Å². The number of benzene rings is 1. The van der Waals surface area contributed by atoms with Crippen LogP contribution in [0, 0.1) is 5.82 Å². The maximum atomic E-state index is 14.5. The van der Waals surface area contributed by atoms with Crippen LogP contribution in [0.25, 0.3) is 10.9 Å². The Bertz CT molecular complexity index is 976. The van der Waals surface area contributed by atoms with Crippen molar-refractivity contribution in [1.82, 2.24) is 4.57 Å². The van der Waals surface area contributed by atoms with E-state index in [-0.39, 0.29) is 16.4 Å². The van der Waals surface area contributed by atoms with Crippen LogP contribution >= 0.6 is 7.82 Å². The molecule has 7 N–H and O–H groups in total. The molecule has 1 fully saturated rings. The molecule has 0 bridgehead atoms. The second-order valence-corrected chi connectivity index (χ2v) is 7.11. The van der Waals surface area contributed by atoms with Crippen molar-refractivity contribution in [2.75, 3.05) is 31.1 Å². The SMILES string of the molecule is CCn1cc(C(=O)O)c(=O)c2cc(F)c(N3CC[NH2+]CC3)cc21.O.O=P([O-])(O)O. The highest BCUT2D eigenvalue weighted by Crippen LogP contribution is 2.25. The van der Waals surface area contributed by atoms with Gasteiger partial charge in [0.25, 0.3) is 7.82 Å². The summed E-state index contributed by atoms with van der Waals surface area (Å²) < 4.78 is 25.0. The number of carbonyl (C=O) groups is 1. The number of pyridine rings is 1. The molecule has 0 atom stereocenters. The van der Waals surface area contributed by atoms with Crippen molar-refractivity contribution in [3.8, 4) is 0 Å². The molecule has 0 amide bonds. The molecule has 0 radical (unpaired) electrons. The molecule has 1 aromatic carbocycles. The van der Waals surface area contributed by atoms with Crippen molar-refractivity contribution < 1.29 is 44.3 Å². The number of phosphoric acid groups is 1. The number of carboxylic acid groups (broad SMARTS) is 1. The zero-order valence-electron chi connectivity index (χ0n) is 15.5. The van der Waals surface area contributed by atoms with E-state index in [2.05, 4.69) is 5.32 Å². The van der Waals surface area contributed by atoms with Gasteiger partial charge in [-0.3, -0.25) is 9.36 Å². The van der Waals surface area contributed by atoms with E-state index in [1.54, 1.807) is 10.6 Å². The smallest absolute Gasteiger partial charge is 0.341 e. The number of anilines is 1. The summed E-state index contributed by atoms with van der Waals surface area (Å²) in [7, 11) is -4.89. The minimum absolute atomic E-state index is 0. The number of aromatic nitrogens is 1. The third kappa shape index (κ3) is 6.32. The van der Waals surface area contributed by atoms with E-state index in [0.29, 0.717) is 17.7 Å². The Labute approximate surface area is 164 Å². The topological polar surface area (TPSA) is 191 Å². The van der Waals surface area contributed by atoms with Gasteiger partial charge in [-0.15, -0.1) is 0 Å². The third-order valence-electron chi connectivity index (χ3n) is 4.27. The minimum Gasteiger partial charge on any atom is -0.756 e. The fourth-order valence-corrected chi connectivity index (χ4v) is 3.05. The standard InChI is InChI=1S/C16H18FN3O3.H3O4P.H2O/c1-2-19-9-11(16(22)23)15(21)10-7-12(17)14(8-13(10)19)20-5-3-18-4-6-20;1-5(2,3)4;/h7-9,18H,2-6H2,1H3,(H,22,23);(H3,1,2,3,4);1H2. The van der Waals surface area contributed by atoms with Gasteiger partial charge in [-0.25, -0.2) is 9.18 Å². The Hall–Kier alpha value is -2.34. The van der Waals surface area contributed by atoms with Gasteiger partial charge in [0.15, 0.2) is 0 Å². The van der Waals surface area contributed by atoms with Gasteiger partial charge < -0.3 is 40.0 Å². The molecule has 3 rings (SSSR count). The number of aromatic carboxylic acids is 1. The van der Waals surface area contributed by atoms with Crippen molar-refractivity contribution in [3.05, 3.63) is 39.9 Å². The molecule has 0 aliphatic carbocycles. The first-order valence-corrected chi connectivity index (χ1v) is 9.99. The molecule has 13 heteroatoms. The van der Waals surface area contributed by atoms with Gasteiger partial charge in [-0.05, 0) is 19.1 Å². The summed E-state index contributed by atoms with van der Waals surface area (Å²) in [5.74, 6) is -1.78. The summed E-state index contributed by atoms with van der Waals surface area (Å²) in [5, 5.41) is 11.4. The summed E-state index contributed by atoms with van der Waals surface area (Å²) in [4.78, 5) is 48.4. The number of hydrogen-bond acceptors (Lipinski definition) is 5. The van der Waals surface area contributed by atoms with Crippen LogP contribution in [0.1, 0.15) is 17.3 Å². The lowest BCUT2D eigenvalue weighted by molar-refractivity contribution is -0.655. The Morgan fingerprint density at radius 2 is 1.86 bits per heavy atom. The molecular weight excluding hydrogens is 412 g/mol. The van der Waals surface area contributed by atoms with Gasteiger partial charge in [-0.2, -0.15) is 0 Å². The van der Waals surface area contributed by atoms with Crippen LogP contribution in [-0.4, -0.2) is 57.1 Å². The summed E-state index contributed by atoms with van der Waals surface area (Å²) in [5.41, 5.74) is 0.0532. The number of halogens is 1. The predicted molar refractivity (Wildman–Crippen MR) is 100 cm³/mol. The Balaban J connectivity index is 0.000000628. The average Bonchev–Trinajstić information content (AvgIpc) is 2.61. The Kier molecular flexibility index (Phi) is 8.45. The normalized spacial score (nSPS) is 14.0. The Morgan fingerprint density at radius 1 is 1.31 bits per heavy atom. The van der Waals surface area contributed by atoms with E-state index >= 15 is 0 Å². The third-order valence-corrected chi connectivity index (χ3v) is 4.27. The minimum atomic E-state index is -4.89. The van der Waals surface area contributed by atoms with E-state index < -0.39 is 25.0 Å². The number of aryl methyl sites for hydroxylation is 1. The number of nitrogens with zero attached hydrogens (tertiary/aromatic N) is 2. The second-order valence-electron chi connectivity index (χ2n) is 6.13. The van der Waals surface area contributed by atoms with E-state index in [1.807, 2.05) is 11.8 Å². The van der Waals surface area contributed by atoms with Crippen LogP contribution in [-0.2, 0) is 11.1 Å². The summed E-state index contributed by atoms with van der Waals surface area (Å²) in [6.07, 6.45) is 1.33. The lowest BCUT2D eigenvalue weighted by Crippen LogP contribution is -2.89. The van der Waals surface area contributed by atoms with Gasteiger partial charge >= 0.3 is 5.97 Å². The van der Waals surface area contributed by atoms with E-state index in [1.165, 1.54) is 12.3 Å². The van der Waals surface area contributed by atoms with Crippen molar-refractivity contribution in [2.24, 2.45) is 0 Å².